The standard InChI is InChI=1S/C23H33N3O2/c27-22(26-10-4-5-11-26)16-25-12-8-23(9-13-25)15-19(17-28-23)24-21-14-20(21)18-6-2-1-3-7-18/h1-3,6-7,19-21,24H,4-5,8-17H2/t19?,20-,21+/m0/s1. The second-order valence-corrected chi connectivity index (χ2v) is 9.29. The molecule has 4 fully saturated rings. The van der Waals surface area contributed by atoms with Gasteiger partial charge in [-0.25, -0.2) is 0 Å². The SMILES string of the molecule is O=C(CN1CCC2(CC1)CC(N[C@@H]1C[C@H]1c1ccccc1)CO2)N1CCCC1. The highest BCUT2D eigenvalue weighted by Gasteiger charge is 2.46. The molecule has 0 aromatic heterocycles. The number of nitrogens with zero attached hydrogens (tertiary/aromatic N) is 2. The minimum absolute atomic E-state index is 0.0436. The zero-order chi connectivity index (χ0) is 19.0. The van der Waals surface area contributed by atoms with E-state index < -0.39 is 0 Å². The van der Waals surface area contributed by atoms with Gasteiger partial charge in [-0.15, -0.1) is 0 Å². The lowest BCUT2D eigenvalue weighted by Gasteiger charge is -2.38. The zero-order valence-corrected chi connectivity index (χ0v) is 16.8. The first-order chi connectivity index (χ1) is 13.7. The van der Waals surface area contributed by atoms with E-state index >= 15 is 0 Å². The van der Waals surface area contributed by atoms with E-state index in [0.717, 1.165) is 52.0 Å². The van der Waals surface area contributed by atoms with Crippen LogP contribution in [-0.4, -0.2) is 72.7 Å². The first kappa shape index (κ1) is 18.6. The fraction of sp³-hybridized carbons (Fsp3) is 0.696. The van der Waals surface area contributed by atoms with Crippen molar-refractivity contribution in [2.45, 2.75) is 62.1 Å². The number of nitrogens with one attached hydrogen (secondary N) is 1. The van der Waals surface area contributed by atoms with Crippen molar-refractivity contribution >= 4 is 5.91 Å². The molecule has 3 saturated heterocycles. The number of hydrogen-bond donors (Lipinski definition) is 1. The van der Waals surface area contributed by atoms with Gasteiger partial charge in [-0.1, -0.05) is 30.3 Å². The summed E-state index contributed by atoms with van der Waals surface area (Å²) in [6.45, 7) is 5.32. The van der Waals surface area contributed by atoms with Crippen LogP contribution in [0.4, 0.5) is 0 Å². The molecular weight excluding hydrogens is 350 g/mol. The predicted octanol–water partition coefficient (Wildman–Crippen LogP) is 2.38. The van der Waals surface area contributed by atoms with E-state index in [1.807, 2.05) is 4.90 Å². The van der Waals surface area contributed by atoms with Gasteiger partial charge in [-0.3, -0.25) is 9.69 Å². The molecule has 1 aromatic carbocycles. The van der Waals surface area contributed by atoms with Gasteiger partial charge < -0.3 is 15.0 Å². The molecule has 3 atom stereocenters. The van der Waals surface area contributed by atoms with Gasteiger partial charge in [0.15, 0.2) is 0 Å². The van der Waals surface area contributed by atoms with Crippen molar-refractivity contribution in [3.63, 3.8) is 0 Å². The van der Waals surface area contributed by atoms with E-state index in [9.17, 15) is 4.79 Å². The third-order valence-corrected chi connectivity index (χ3v) is 7.26. The average molecular weight is 384 g/mol. The maximum Gasteiger partial charge on any atom is 0.236 e. The Kier molecular flexibility index (Phi) is 5.16. The average Bonchev–Trinajstić information content (AvgIpc) is 3.11. The molecule has 1 N–H and O–H groups in total. The molecule has 1 amide bonds. The molecule has 3 aliphatic heterocycles. The van der Waals surface area contributed by atoms with Crippen molar-refractivity contribution in [3.8, 4) is 0 Å². The number of ether oxygens (including phenoxy) is 1. The lowest BCUT2D eigenvalue weighted by molar-refractivity contribution is -0.132. The van der Waals surface area contributed by atoms with Crippen molar-refractivity contribution in [3.05, 3.63) is 35.9 Å². The minimum atomic E-state index is 0.0436. The maximum atomic E-state index is 12.4. The Morgan fingerprint density at radius 1 is 1.11 bits per heavy atom. The van der Waals surface area contributed by atoms with Gasteiger partial charge in [-0.05, 0) is 44.1 Å². The molecule has 1 unspecified atom stereocenters. The molecule has 5 heteroatoms. The highest BCUT2D eigenvalue weighted by atomic mass is 16.5. The molecule has 4 aliphatic rings. The highest BCUT2D eigenvalue weighted by Crippen LogP contribution is 2.43. The summed E-state index contributed by atoms with van der Waals surface area (Å²) in [5, 5.41) is 3.85. The Labute approximate surface area is 168 Å². The van der Waals surface area contributed by atoms with E-state index in [2.05, 4.69) is 40.5 Å². The molecule has 1 aliphatic carbocycles. The minimum Gasteiger partial charge on any atom is -0.373 e. The van der Waals surface area contributed by atoms with Gasteiger partial charge >= 0.3 is 0 Å². The summed E-state index contributed by atoms with van der Waals surface area (Å²) in [6, 6.07) is 12.0. The number of carbonyl (C=O) groups excluding carboxylic acids is 1. The van der Waals surface area contributed by atoms with Gasteiger partial charge in [0.25, 0.3) is 0 Å². The first-order valence-corrected chi connectivity index (χ1v) is 11.2. The predicted molar refractivity (Wildman–Crippen MR) is 109 cm³/mol. The smallest absolute Gasteiger partial charge is 0.236 e. The quantitative estimate of drug-likeness (QED) is 0.848. The van der Waals surface area contributed by atoms with Gasteiger partial charge in [0.1, 0.15) is 0 Å². The van der Waals surface area contributed by atoms with Crippen molar-refractivity contribution in [2.24, 2.45) is 0 Å². The second kappa shape index (κ2) is 7.77. The number of carbonyl (C=O) groups is 1. The summed E-state index contributed by atoms with van der Waals surface area (Å²) >= 11 is 0. The van der Waals surface area contributed by atoms with Crippen LogP contribution in [-0.2, 0) is 9.53 Å². The summed E-state index contributed by atoms with van der Waals surface area (Å²) in [5.41, 5.74) is 1.51. The molecule has 5 nitrogen and oxygen atoms in total. The van der Waals surface area contributed by atoms with Gasteiger partial charge in [-0.2, -0.15) is 0 Å². The molecule has 0 radical (unpaired) electrons. The first-order valence-electron chi connectivity index (χ1n) is 11.2. The zero-order valence-electron chi connectivity index (χ0n) is 16.8. The van der Waals surface area contributed by atoms with Crippen LogP contribution < -0.4 is 5.32 Å². The van der Waals surface area contributed by atoms with Crippen molar-refractivity contribution in [1.29, 1.82) is 0 Å². The Morgan fingerprint density at radius 3 is 2.61 bits per heavy atom. The fourth-order valence-electron chi connectivity index (χ4n) is 5.43. The number of amides is 1. The lowest BCUT2D eigenvalue weighted by Crippen LogP contribution is -2.48. The van der Waals surface area contributed by atoms with Crippen LogP contribution in [0, 0.1) is 0 Å². The van der Waals surface area contributed by atoms with Gasteiger partial charge in [0.2, 0.25) is 5.91 Å². The van der Waals surface area contributed by atoms with Crippen molar-refractivity contribution in [2.75, 3.05) is 39.3 Å². The van der Waals surface area contributed by atoms with Crippen LogP contribution >= 0.6 is 0 Å². The third-order valence-electron chi connectivity index (χ3n) is 7.26. The van der Waals surface area contributed by atoms with Crippen molar-refractivity contribution in [1.82, 2.24) is 15.1 Å². The Balaban J connectivity index is 1.07. The number of hydrogen-bond acceptors (Lipinski definition) is 4. The van der Waals surface area contributed by atoms with Gasteiger partial charge in [0.05, 0.1) is 18.8 Å². The maximum absolute atomic E-state index is 12.4. The topological polar surface area (TPSA) is 44.8 Å². The Hall–Kier alpha value is -1.43. The van der Waals surface area contributed by atoms with E-state index in [1.165, 1.54) is 24.8 Å². The molecule has 5 rings (SSSR count). The van der Waals surface area contributed by atoms with E-state index in [-0.39, 0.29) is 5.60 Å². The van der Waals surface area contributed by atoms with Crippen LogP contribution in [0.25, 0.3) is 0 Å². The monoisotopic (exact) mass is 383 g/mol. The van der Waals surface area contributed by atoms with Crippen LogP contribution in [0.15, 0.2) is 30.3 Å². The fourth-order valence-corrected chi connectivity index (χ4v) is 5.43. The summed E-state index contributed by atoms with van der Waals surface area (Å²) in [5.74, 6) is 0.997. The lowest BCUT2D eigenvalue weighted by atomic mass is 9.87. The van der Waals surface area contributed by atoms with Crippen LogP contribution in [0.3, 0.4) is 0 Å². The Bertz CT molecular complexity index is 680. The van der Waals surface area contributed by atoms with E-state index in [1.54, 1.807) is 0 Å². The summed E-state index contributed by atoms with van der Waals surface area (Å²) in [6.07, 6.45) is 6.84. The summed E-state index contributed by atoms with van der Waals surface area (Å²) < 4.78 is 6.33. The Morgan fingerprint density at radius 2 is 1.86 bits per heavy atom. The molecule has 1 aromatic rings. The molecule has 1 saturated carbocycles. The van der Waals surface area contributed by atoms with Crippen molar-refractivity contribution < 1.29 is 9.53 Å². The molecule has 0 bridgehead atoms. The number of benzene rings is 1. The summed E-state index contributed by atoms with van der Waals surface area (Å²) in [4.78, 5) is 16.8. The molecule has 3 heterocycles. The molecular formula is C23H33N3O2. The normalized spacial score (nSPS) is 32.1. The largest absolute Gasteiger partial charge is 0.373 e. The molecule has 1 spiro atoms. The van der Waals surface area contributed by atoms with Crippen LogP contribution in [0.2, 0.25) is 0 Å². The number of piperidine rings is 1. The molecule has 28 heavy (non-hydrogen) atoms. The number of likely N-dealkylation sites (tertiary alicyclic amines) is 2. The van der Waals surface area contributed by atoms with Gasteiger partial charge in [0, 0.05) is 44.2 Å². The second-order valence-electron chi connectivity index (χ2n) is 9.29. The third kappa shape index (κ3) is 3.98. The summed E-state index contributed by atoms with van der Waals surface area (Å²) in [7, 11) is 0. The van der Waals surface area contributed by atoms with E-state index in [4.69, 9.17) is 4.74 Å². The molecule has 152 valence electrons. The van der Waals surface area contributed by atoms with E-state index in [0.29, 0.717) is 30.5 Å². The highest BCUT2D eigenvalue weighted by molar-refractivity contribution is 5.78. The number of rotatable bonds is 5. The van der Waals surface area contributed by atoms with Crippen LogP contribution in [0.1, 0.15) is 50.0 Å². The van der Waals surface area contributed by atoms with Crippen LogP contribution in [0.5, 0.6) is 0 Å².